The van der Waals surface area contributed by atoms with E-state index in [1.807, 2.05) is 13.8 Å². The summed E-state index contributed by atoms with van der Waals surface area (Å²) in [7, 11) is 0. The standard InChI is InChI=1S/C14H21N3O2/c1-4-11(2)17(12(3)18)9-8-16-14(19)13-6-5-7-15-10-13/h5-7,10-11H,4,8-9H2,1-3H3,(H,16,19). The maximum Gasteiger partial charge on any atom is 0.252 e. The topological polar surface area (TPSA) is 62.3 Å². The van der Waals surface area contributed by atoms with Crippen molar-refractivity contribution >= 4 is 11.8 Å². The number of rotatable bonds is 6. The van der Waals surface area contributed by atoms with Crippen LogP contribution in [0.15, 0.2) is 24.5 Å². The Kier molecular flexibility index (Phi) is 5.99. The zero-order valence-corrected chi connectivity index (χ0v) is 11.7. The number of hydrogen-bond donors (Lipinski definition) is 1. The Morgan fingerprint density at radius 3 is 2.74 bits per heavy atom. The summed E-state index contributed by atoms with van der Waals surface area (Å²) in [5.41, 5.74) is 0.528. The molecule has 1 rings (SSSR count). The number of hydrogen-bond acceptors (Lipinski definition) is 3. The normalized spacial score (nSPS) is 11.7. The van der Waals surface area contributed by atoms with Crippen LogP contribution in [0.3, 0.4) is 0 Å². The number of nitrogens with zero attached hydrogens (tertiary/aromatic N) is 2. The molecule has 1 aromatic heterocycles. The molecule has 104 valence electrons. The molecule has 0 bridgehead atoms. The van der Waals surface area contributed by atoms with E-state index in [1.54, 1.807) is 30.2 Å². The third-order valence-electron chi connectivity index (χ3n) is 3.09. The molecule has 1 heterocycles. The lowest BCUT2D eigenvalue weighted by atomic mass is 10.2. The molecule has 0 aliphatic heterocycles. The summed E-state index contributed by atoms with van der Waals surface area (Å²) in [6.07, 6.45) is 4.04. The van der Waals surface area contributed by atoms with Crippen molar-refractivity contribution in [1.29, 1.82) is 0 Å². The van der Waals surface area contributed by atoms with Gasteiger partial charge in [-0.3, -0.25) is 14.6 Å². The highest BCUT2D eigenvalue weighted by Gasteiger charge is 2.15. The molecule has 0 fully saturated rings. The highest BCUT2D eigenvalue weighted by Crippen LogP contribution is 2.03. The Morgan fingerprint density at radius 1 is 1.47 bits per heavy atom. The van der Waals surface area contributed by atoms with Gasteiger partial charge in [-0.05, 0) is 25.5 Å². The highest BCUT2D eigenvalue weighted by molar-refractivity contribution is 5.93. The largest absolute Gasteiger partial charge is 0.350 e. The summed E-state index contributed by atoms with van der Waals surface area (Å²) in [5, 5.41) is 2.79. The Hall–Kier alpha value is -1.91. The van der Waals surface area contributed by atoms with Gasteiger partial charge < -0.3 is 10.2 Å². The highest BCUT2D eigenvalue weighted by atomic mass is 16.2. The van der Waals surface area contributed by atoms with E-state index in [0.29, 0.717) is 18.7 Å². The fourth-order valence-corrected chi connectivity index (χ4v) is 1.80. The summed E-state index contributed by atoms with van der Waals surface area (Å²) in [6.45, 7) is 6.56. The molecule has 0 aromatic carbocycles. The van der Waals surface area contributed by atoms with E-state index in [9.17, 15) is 9.59 Å². The van der Waals surface area contributed by atoms with Crippen LogP contribution >= 0.6 is 0 Å². The molecule has 0 saturated carbocycles. The fourth-order valence-electron chi connectivity index (χ4n) is 1.80. The second-order valence-corrected chi connectivity index (χ2v) is 4.47. The quantitative estimate of drug-likeness (QED) is 0.845. The average Bonchev–Trinajstić information content (AvgIpc) is 2.43. The van der Waals surface area contributed by atoms with Crippen molar-refractivity contribution in [3.8, 4) is 0 Å². The number of aromatic nitrogens is 1. The van der Waals surface area contributed by atoms with E-state index in [4.69, 9.17) is 0 Å². The van der Waals surface area contributed by atoms with Crippen molar-refractivity contribution in [1.82, 2.24) is 15.2 Å². The maximum atomic E-state index is 11.8. The van der Waals surface area contributed by atoms with E-state index < -0.39 is 0 Å². The second kappa shape index (κ2) is 7.51. The van der Waals surface area contributed by atoms with E-state index in [-0.39, 0.29) is 17.9 Å². The van der Waals surface area contributed by atoms with Crippen molar-refractivity contribution < 1.29 is 9.59 Å². The van der Waals surface area contributed by atoms with Crippen molar-refractivity contribution in [2.45, 2.75) is 33.2 Å². The van der Waals surface area contributed by atoms with Crippen LogP contribution in [-0.4, -0.2) is 40.8 Å². The van der Waals surface area contributed by atoms with Gasteiger partial charge in [-0.2, -0.15) is 0 Å². The molecule has 0 aliphatic carbocycles. The predicted octanol–water partition coefficient (Wildman–Crippen LogP) is 1.46. The Bertz CT molecular complexity index is 420. The average molecular weight is 263 g/mol. The summed E-state index contributed by atoms with van der Waals surface area (Å²) < 4.78 is 0. The minimum absolute atomic E-state index is 0.0324. The molecular formula is C14H21N3O2. The molecule has 19 heavy (non-hydrogen) atoms. The minimum Gasteiger partial charge on any atom is -0.350 e. The summed E-state index contributed by atoms with van der Waals surface area (Å²) in [5.74, 6) is -0.134. The number of carbonyl (C=O) groups excluding carboxylic acids is 2. The Labute approximate surface area is 114 Å². The first-order valence-corrected chi connectivity index (χ1v) is 6.51. The van der Waals surface area contributed by atoms with Gasteiger partial charge in [-0.25, -0.2) is 0 Å². The first-order chi connectivity index (χ1) is 9.06. The summed E-state index contributed by atoms with van der Waals surface area (Å²) in [4.78, 5) is 28.9. The molecule has 0 aliphatic rings. The van der Waals surface area contributed by atoms with Gasteiger partial charge in [0, 0.05) is 38.4 Å². The van der Waals surface area contributed by atoms with Crippen LogP contribution in [0, 0.1) is 0 Å². The van der Waals surface area contributed by atoms with Gasteiger partial charge in [-0.1, -0.05) is 6.92 Å². The Morgan fingerprint density at radius 2 is 2.21 bits per heavy atom. The van der Waals surface area contributed by atoms with Crippen molar-refractivity contribution in [2.24, 2.45) is 0 Å². The number of amides is 2. The molecular weight excluding hydrogens is 242 g/mol. The predicted molar refractivity (Wildman–Crippen MR) is 73.7 cm³/mol. The maximum absolute atomic E-state index is 11.8. The van der Waals surface area contributed by atoms with Crippen LogP contribution in [0.1, 0.15) is 37.6 Å². The van der Waals surface area contributed by atoms with Crippen LogP contribution < -0.4 is 5.32 Å². The molecule has 2 amide bonds. The summed E-state index contributed by atoms with van der Waals surface area (Å²) >= 11 is 0. The van der Waals surface area contributed by atoms with Crippen LogP contribution in [0.2, 0.25) is 0 Å². The molecule has 1 unspecified atom stereocenters. The van der Waals surface area contributed by atoms with E-state index >= 15 is 0 Å². The van der Waals surface area contributed by atoms with E-state index in [1.165, 1.54) is 6.20 Å². The van der Waals surface area contributed by atoms with Crippen molar-refractivity contribution in [3.05, 3.63) is 30.1 Å². The lowest BCUT2D eigenvalue weighted by Gasteiger charge is -2.27. The van der Waals surface area contributed by atoms with E-state index in [0.717, 1.165) is 6.42 Å². The molecule has 1 N–H and O–H groups in total. The number of carbonyl (C=O) groups is 2. The molecule has 0 saturated heterocycles. The zero-order chi connectivity index (χ0) is 14.3. The molecule has 0 spiro atoms. The van der Waals surface area contributed by atoms with Crippen LogP contribution in [0.4, 0.5) is 0 Å². The third-order valence-corrected chi connectivity index (χ3v) is 3.09. The number of nitrogens with one attached hydrogen (secondary N) is 1. The second-order valence-electron chi connectivity index (χ2n) is 4.47. The lowest BCUT2D eigenvalue weighted by Crippen LogP contribution is -2.42. The molecule has 0 radical (unpaired) electrons. The Balaban J connectivity index is 2.44. The van der Waals surface area contributed by atoms with Crippen LogP contribution in [0.25, 0.3) is 0 Å². The van der Waals surface area contributed by atoms with Crippen LogP contribution in [0.5, 0.6) is 0 Å². The van der Waals surface area contributed by atoms with Gasteiger partial charge >= 0.3 is 0 Å². The molecule has 5 nitrogen and oxygen atoms in total. The first-order valence-electron chi connectivity index (χ1n) is 6.51. The van der Waals surface area contributed by atoms with Gasteiger partial charge in [0.25, 0.3) is 5.91 Å². The third kappa shape index (κ3) is 4.69. The molecule has 1 aromatic rings. The summed E-state index contributed by atoms with van der Waals surface area (Å²) in [6, 6.07) is 3.61. The van der Waals surface area contributed by atoms with Gasteiger partial charge in [0.15, 0.2) is 0 Å². The molecule has 1 atom stereocenters. The number of pyridine rings is 1. The fraction of sp³-hybridized carbons (Fsp3) is 0.500. The van der Waals surface area contributed by atoms with Crippen molar-refractivity contribution in [3.63, 3.8) is 0 Å². The monoisotopic (exact) mass is 263 g/mol. The van der Waals surface area contributed by atoms with E-state index in [2.05, 4.69) is 10.3 Å². The SMILES string of the molecule is CCC(C)N(CCNC(=O)c1cccnc1)C(C)=O. The first kappa shape index (κ1) is 15.1. The van der Waals surface area contributed by atoms with Gasteiger partial charge in [0.2, 0.25) is 5.91 Å². The van der Waals surface area contributed by atoms with Crippen molar-refractivity contribution in [2.75, 3.05) is 13.1 Å². The lowest BCUT2D eigenvalue weighted by molar-refractivity contribution is -0.130. The smallest absolute Gasteiger partial charge is 0.252 e. The minimum atomic E-state index is -0.166. The van der Waals surface area contributed by atoms with Gasteiger partial charge in [-0.15, -0.1) is 0 Å². The zero-order valence-electron chi connectivity index (χ0n) is 11.7. The van der Waals surface area contributed by atoms with Gasteiger partial charge in [0.05, 0.1) is 5.56 Å². The van der Waals surface area contributed by atoms with Gasteiger partial charge in [0.1, 0.15) is 0 Å². The molecule has 5 heteroatoms. The van der Waals surface area contributed by atoms with Crippen LogP contribution in [-0.2, 0) is 4.79 Å².